The van der Waals surface area contributed by atoms with Crippen molar-refractivity contribution in [1.82, 2.24) is 0 Å². The van der Waals surface area contributed by atoms with Gasteiger partial charge in [0.15, 0.2) is 11.5 Å². The number of benzene rings is 1. The Kier molecular flexibility index (Phi) is 3.32. The summed E-state index contributed by atoms with van der Waals surface area (Å²) in [5.41, 5.74) is 1.27. The molecule has 1 N–H and O–H groups in total. The highest BCUT2D eigenvalue weighted by Gasteiger charge is 2.47. The number of aliphatic carboxylic acids is 1. The van der Waals surface area contributed by atoms with Crippen molar-refractivity contribution in [3.63, 3.8) is 0 Å². The Labute approximate surface area is 118 Å². The Morgan fingerprint density at radius 2 is 1.85 bits per heavy atom. The lowest BCUT2D eigenvalue weighted by molar-refractivity contribution is -0.147. The number of carbonyl (C=O) groups is 1. The molecule has 0 aromatic heterocycles. The van der Waals surface area contributed by atoms with Gasteiger partial charge in [0, 0.05) is 6.42 Å². The maximum Gasteiger partial charge on any atom is 0.314 e. The number of ether oxygens (including phenoxy) is 2. The molecule has 1 aromatic carbocycles. The number of hydrogen-bond acceptors (Lipinski definition) is 3. The van der Waals surface area contributed by atoms with E-state index >= 15 is 0 Å². The molecule has 0 spiro atoms. The van der Waals surface area contributed by atoms with Crippen LogP contribution >= 0.6 is 0 Å². The van der Waals surface area contributed by atoms with Crippen LogP contribution < -0.4 is 9.47 Å². The van der Waals surface area contributed by atoms with Crippen molar-refractivity contribution in [1.29, 1.82) is 0 Å². The Morgan fingerprint density at radius 3 is 2.35 bits per heavy atom. The number of hydrogen-bond donors (Lipinski definition) is 1. The molecule has 4 heteroatoms. The van der Waals surface area contributed by atoms with Gasteiger partial charge < -0.3 is 14.6 Å². The Balaban J connectivity index is 2.10. The van der Waals surface area contributed by atoms with Crippen LogP contribution in [0.15, 0.2) is 12.1 Å². The predicted molar refractivity (Wildman–Crippen MR) is 74.6 cm³/mol. The van der Waals surface area contributed by atoms with E-state index in [-0.39, 0.29) is 0 Å². The molecule has 1 aromatic rings. The van der Waals surface area contributed by atoms with Crippen molar-refractivity contribution in [3.8, 4) is 11.5 Å². The Bertz CT molecular complexity index is 532. The summed E-state index contributed by atoms with van der Waals surface area (Å²) in [7, 11) is 0. The molecular formula is C16H20O4. The number of rotatable bonds is 3. The molecule has 0 bridgehead atoms. The van der Waals surface area contributed by atoms with Gasteiger partial charge in [-0.2, -0.15) is 0 Å². The molecule has 2 aliphatic rings. The Morgan fingerprint density at radius 1 is 1.20 bits per heavy atom. The van der Waals surface area contributed by atoms with Gasteiger partial charge in [0.25, 0.3) is 0 Å². The number of carboxylic acids is 1. The van der Waals surface area contributed by atoms with Crippen molar-refractivity contribution >= 4 is 5.97 Å². The zero-order valence-corrected chi connectivity index (χ0v) is 11.8. The van der Waals surface area contributed by atoms with Gasteiger partial charge in [0.2, 0.25) is 0 Å². The molecule has 3 rings (SSSR count). The van der Waals surface area contributed by atoms with E-state index in [0.29, 0.717) is 19.0 Å². The van der Waals surface area contributed by atoms with Gasteiger partial charge in [-0.1, -0.05) is 13.3 Å². The van der Waals surface area contributed by atoms with Crippen LogP contribution in [0.5, 0.6) is 11.5 Å². The van der Waals surface area contributed by atoms with Gasteiger partial charge in [-0.05, 0) is 42.5 Å². The summed E-state index contributed by atoms with van der Waals surface area (Å²) >= 11 is 0. The summed E-state index contributed by atoms with van der Waals surface area (Å²) < 4.78 is 11.4. The molecule has 20 heavy (non-hydrogen) atoms. The minimum Gasteiger partial charge on any atom is -0.490 e. The van der Waals surface area contributed by atoms with E-state index in [1.165, 1.54) is 0 Å². The van der Waals surface area contributed by atoms with Crippen LogP contribution in [-0.4, -0.2) is 24.3 Å². The molecule has 0 radical (unpaired) electrons. The first-order valence-electron chi connectivity index (χ1n) is 7.34. The maximum absolute atomic E-state index is 11.7. The molecule has 1 fully saturated rings. The van der Waals surface area contributed by atoms with Crippen LogP contribution in [0.3, 0.4) is 0 Å². The molecule has 108 valence electrons. The average Bonchev–Trinajstić information content (AvgIpc) is 2.60. The van der Waals surface area contributed by atoms with Gasteiger partial charge in [0.05, 0.1) is 18.6 Å². The fourth-order valence-electron chi connectivity index (χ4n) is 3.12. The smallest absolute Gasteiger partial charge is 0.314 e. The molecule has 1 aliphatic heterocycles. The lowest BCUT2D eigenvalue weighted by atomic mass is 9.63. The molecule has 1 aliphatic carbocycles. The van der Waals surface area contributed by atoms with E-state index in [1.807, 2.05) is 12.1 Å². The molecule has 0 unspecified atom stereocenters. The van der Waals surface area contributed by atoms with Gasteiger partial charge in [0.1, 0.15) is 0 Å². The zero-order valence-electron chi connectivity index (χ0n) is 11.8. The minimum atomic E-state index is -0.715. The van der Waals surface area contributed by atoms with Crippen LogP contribution in [0, 0.1) is 0 Å². The van der Waals surface area contributed by atoms with E-state index in [0.717, 1.165) is 49.0 Å². The summed E-state index contributed by atoms with van der Waals surface area (Å²) in [6, 6.07) is 3.88. The highest BCUT2D eigenvalue weighted by Crippen LogP contribution is 2.48. The fourth-order valence-corrected chi connectivity index (χ4v) is 3.12. The van der Waals surface area contributed by atoms with Crippen molar-refractivity contribution < 1.29 is 19.4 Å². The van der Waals surface area contributed by atoms with Gasteiger partial charge >= 0.3 is 5.97 Å². The Hall–Kier alpha value is -1.71. The van der Waals surface area contributed by atoms with Gasteiger partial charge in [-0.25, -0.2) is 0 Å². The molecule has 4 nitrogen and oxygen atoms in total. The van der Waals surface area contributed by atoms with Crippen molar-refractivity contribution in [2.24, 2.45) is 0 Å². The van der Waals surface area contributed by atoms with E-state index in [1.54, 1.807) is 0 Å². The van der Waals surface area contributed by atoms with Crippen LogP contribution in [0.4, 0.5) is 0 Å². The first kappa shape index (κ1) is 13.3. The minimum absolute atomic E-state index is 0.623. The topological polar surface area (TPSA) is 55.8 Å². The molecular weight excluding hydrogens is 256 g/mol. The maximum atomic E-state index is 11.7. The predicted octanol–water partition coefficient (Wildman–Crippen LogP) is 2.92. The normalized spacial score (nSPS) is 19.9. The highest BCUT2D eigenvalue weighted by molar-refractivity contribution is 5.83. The second-order valence-electron chi connectivity index (χ2n) is 5.60. The summed E-state index contributed by atoms with van der Waals surface area (Å²) in [4.78, 5) is 11.7. The van der Waals surface area contributed by atoms with E-state index in [9.17, 15) is 9.90 Å². The van der Waals surface area contributed by atoms with Crippen molar-refractivity contribution in [2.45, 2.75) is 44.4 Å². The van der Waals surface area contributed by atoms with Crippen LogP contribution in [-0.2, 0) is 16.6 Å². The molecule has 1 saturated carbocycles. The van der Waals surface area contributed by atoms with Crippen molar-refractivity contribution in [3.05, 3.63) is 23.3 Å². The van der Waals surface area contributed by atoms with Crippen LogP contribution in [0.2, 0.25) is 0 Å². The first-order valence-corrected chi connectivity index (χ1v) is 7.34. The van der Waals surface area contributed by atoms with Crippen LogP contribution in [0.1, 0.15) is 43.7 Å². The van der Waals surface area contributed by atoms with Gasteiger partial charge in [-0.15, -0.1) is 0 Å². The second kappa shape index (κ2) is 5.00. The number of carboxylic acid groups (broad SMARTS) is 1. The average molecular weight is 276 g/mol. The number of fused-ring (bicyclic) bond motifs is 1. The highest BCUT2D eigenvalue weighted by atomic mass is 16.5. The summed E-state index contributed by atoms with van der Waals surface area (Å²) in [5.74, 6) is 0.734. The SMILES string of the molecule is CCc1cc2c(cc1C1(C(=O)O)CCC1)OCCCO2. The summed E-state index contributed by atoms with van der Waals surface area (Å²) in [6.45, 7) is 3.33. The molecule has 0 saturated heterocycles. The van der Waals surface area contributed by atoms with Crippen molar-refractivity contribution in [2.75, 3.05) is 13.2 Å². The standard InChI is InChI=1S/C16H20O4/c1-2-11-9-13-14(20-8-4-7-19-13)10-12(11)16(15(17)18)5-3-6-16/h9-10H,2-8H2,1H3,(H,17,18). The zero-order chi connectivity index (χ0) is 14.2. The lowest BCUT2D eigenvalue weighted by Gasteiger charge is -2.39. The third-order valence-electron chi connectivity index (χ3n) is 4.49. The third-order valence-corrected chi connectivity index (χ3v) is 4.49. The largest absolute Gasteiger partial charge is 0.490 e. The molecule has 0 atom stereocenters. The first-order chi connectivity index (χ1) is 9.67. The third kappa shape index (κ3) is 1.94. The number of aryl methyl sites for hydroxylation is 1. The van der Waals surface area contributed by atoms with Crippen LogP contribution in [0.25, 0.3) is 0 Å². The fraction of sp³-hybridized carbons (Fsp3) is 0.562. The second-order valence-corrected chi connectivity index (χ2v) is 5.60. The lowest BCUT2D eigenvalue weighted by Crippen LogP contribution is -2.43. The van der Waals surface area contributed by atoms with E-state index in [4.69, 9.17) is 9.47 Å². The summed E-state index contributed by atoms with van der Waals surface area (Å²) in [5, 5.41) is 9.64. The molecule has 1 heterocycles. The molecule has 0 amide bonds. The monoisotopic (exact) mass is 276 g/mol. The quantitative estimate of drug-likeness (QED) is 0.922. The van der Waals surface area contributed by atoms with E-state index in [2.05, 4.69) is 6.92 Å². The summed E-state index contributed by atoms with van der Waals surface area (Å²) in [6.07, 6.45) is 4.07. The van der Waals surface area contributed by atoms with E-state index < -0.39 is 11.4 Å². The van der Waals surface area contributed by atoms with Gasteiger partial charge in [-0.3, -0.25) is 4.79 Å².